The number of nitrogens with zero attached hydrogens (tertiary/aromatic N) is 3. The predicted molar refractivity (Wildman–Crippen MR) is 165 cm³/mol. The van der Waals surface area contributed by atoms with Crippen LogP contribution in [0, 0.1) is 0 Å². The summed E-state index contributed by atoms with van der Waals surface area (Å²) in [5.41, 5.74) is 2.16. The molecule has 2 aromatic heterocycles. The van der Waals surface area contributed by atoms with Gasteiger partial charge in [0.25, 0.3) is 11.5 Å². The number of carbonyl (C=O) groups is 1. The number of nitrogens with one attached hydrogen (secondary N) is 1. The van der Waals surface area contributed by atoms with Gasteiger partial charge in [-0.05, 0) is 72.3 Å². The van der Waals surface area contributed by atoms with Crippen molar-refractivity contribution >= 4 is 55.6 Å². The van der Waals surface area contributed by atoms with Crippen LogP contribution in [-0.2, 0) is 4.79 Å². The topological polar surface area (TPSA) is 108 Å². The Morgan fingerprint density at radius 2 is 1.81 bits per heavy atom. The molecule has 9 nitrogen and oxygen atoms in total. The number of furan rings is 1. The van der Waals surface area contributed by atoms with E-state index in [1.54, 1.807) is 48.5 Å². The van der Waals surface area contributed by atoms with E-state index in [9.17, 15) is 9.59 Å². The molecular formula is C32H23BrN4O5. The number of halogens is 1. The van der Waals surface area contributed by atoms with Crippen LogP contribution in [0.1, 0.15) is 5.56 Å². The molecule has 42 heavy (non-hydrogen) atoms. The summed E-state index contributed by atoms with van der Waals surface area (Å²) in [6.45, 7) is -0.200. The molecule has 208 valence electrons. The summed E-state index contributed by atoms with van der Waals surface area (Å²) in [7, 11) is 1.50. The van der Waals surface area contributed by atoms with Gasteiger partial charge in [-0.3, -0.25) is 9.59 Å². The lowest BCUT2D eigenvalue weighted by molar-refractivity contribution is -0.118. The number of rotatable bonds is 8. The standard InChI is InChI=1S/C32H23BrN4O5/c1-40-28-15-20(11-13-27(28)41-19-30(38)35-23-7-3-2-4-8-23)18-34-37-31(36-25-10-6-5-9-24(25)32(37)39)29-17-21-16-22(33)12-14-26(21)42-29/h2-18H,19H2,1H3,(H,35,38). The van der Waals surface area contributed by atoms with Gasteiger partial charge in [0.1, 0.15) is 5.58 Å². The van der Waals surface area contributed by atoms with Gasteiger partial charge in [-0.25, -0.2) is 4.98 Å². The molecule has 4 aromatic carbocycles. The number of ether oxygens (including phenoxy) is 2. The predicted octanol–water partition coefficient (Wildman–Crippen LogP) is 6.48. The van der Waals surface area contributed by atoms with E-state index in [2.05, 4.69) is 26.3 Å². The molecule has 0 saturated heterocycles. The number of hydrogen-bond donors (Lipinski definition) is 1. The molecule has 0 bridgehead atoms. The van der Waals surface area contributed by atoms with Gasteiger partial charge in [-0.1, -0.05) is 46.3 Å². The Morgan fingerprint density at radius 1 is 1.00 bits per heavy atom. The summed E-state index contributed by atoms with van der Waals surface area (Å²) in [6.07, 6.45) is 1.52. The monoisotopic (exact) mass is 622 g/mol. The van der Waals surface area contributed by atoms with Crippen molar-refractivity contribution in [2.24, 2.45) is 5.10 Å². The fourth-order valence-corrected chi connectivity index (χ4v) is 4.76. The summed E-state index contributed by atoms with van der Waals surface area (Å²) in [4.78, 5) is 30.6. The maximum Gasteiger partial charge on any atom is 0.282 e. The molecule has 0 atom stereocenters. The summed E-state index contributed by atoms with van der Waals surface area (Å²) in [5, 5.41) is 8.56. The highest BCUT2D eigenvalue weighted by atomic mass is 79.9. The first-order valence-electron chi connectivity index (χ1n) is 12.9. The molecule has 6 rings (SSSR count). The van der Waals surface area contributed by atoms with Gasteiger partial charge < -0.3 is 19.2 Å². The van der Waals surface area contributed by atoms with Gasteiger partial charge in [0.05, 0.1) is 24.2 Å². The smallest absolute Gasteiger partial charge is 0.282 e. The SMILES string of the molecule is COc1cc(C=Nn2c(-c3cc4cc(Br)ccc4o3)nc3ccccc3c2=O)ccc1OCC(=O)Nc1ccccc1. The lowest BCUT2D eigenvalue weighted by Crippen LogP contribution is -2.20. The number of amides is 1. The number of anilines is 1. The van der Waals surface area contributed by atoms with Crippen LogP contribution in [0.15, 0.2) is 116 Å². The van der Waals surface area contributed by atoms with E-state index in [1.807, 2.05) is 48.5 Å². The van der Waals surface area contributed by atoms with Crippen molar-refractivity contribution in [1.29, 1.82) is 0 Å². The van der Waals surface area contributed by atoms with Crippen LogP contribution in [0.25, 0.3) is 33.5 Å². The highest BCUT2D eigenvalue weighted by molar-refractivity contribution is 9.10. The molecule has 1 N–H and O–H groups in total. The Morgan fingerprint density at radius 3 is 2.64 bits per heavy atom. The number of benzene rings is 4. The molecule has 1 amide bonds. The fourth-order valence-electron chi connectivity index (χ4n) is 4.38. The zero-order chi connectivity index (χ0) is 29.1. The fraction of sp³-hybridized carbons (Fsp3) is 0.0625. The molecule has 0 aliphatic carbocycles. The van der Waals surface area contributed by atoms with Gasteiger partial charge in [-0.15, -0.1) is 0 Å². The van der Waals surface area contributed by atoms with Crippen LogP contribution >= 0.6 is 15.9 Å². The first kappa shape index (κ1) is 27.0. The molecular weight excluding hydrogens is 600 g/mol. The Balaban J connectivity index is 1.30. The average Bonchev–Trinajstić information content (AvgIpc) is 3.43. The van der Waals surface area contributed by atoms with Gasteiger partial charge in [0.2, 0.25) is 5.82 Å². The Kier molecular flexibility index (Phi) is 7.52. The van der Waals surface area contributed by atoms with Crippen LogP contribution < -0.4 is 20.3 Å². The third-order valence-corrected chi connectivity index (χ3v) is 6.87. The van der Waals surface area contributed by atoms with E-state index < -0.39 is 0 Å². The van der Waals surface area contributed by atoms with Crippen molar-refractivity contribution in [1.82, 2.24) is 9.66 Å². The van der Waals surface area contributed by atoms with E-state index >= 15 is 0 Å². The van der Waals surface area contributed by atoms with Crippen LogP contribution in [0.3, 0.4) is 0 Å². The highest BCUT2D eigenvalue weighted by Gasteiger charge is 2.17. The number of para-hydroxylation sites is 2. The number of aromatic nitrogens is 2. The molecule has 0 unspecified atom stereocenters. The molecule has 0 saturated carbocycles. The van der Waals surface area contributed by atoms with Crippen molar-refractivity contribution in [3.63, 3.8) is 0 Å². The second-order valence-electron chi connectivity index (χ2n) is 9.22. The van der Waals surface area contributed by atoms with Gasteiger partial charge in [-0.2, -0.15) is 9.78 Å². The van der Waals surface area contributed by atoms with Crippen molar-refractivity contribution < 1.29 is 18.7 Å². The summed E-state index contributed by atoms with van der Waals surface area (Å²) in [5.74, 6) is 1.15. The molecule has 10 heteroatoms. The maximum atomic E-state index is 13.5. The van der Waals surface area contributed by atoms with E-state index in [-0.39, 0.29) is 23.9 Å². The van der Waals surface area contributed by atoms with E-state index in [0.717, 1.165) is 9.86 Å². The summed E-state index contributed by atoms with van der Waals surface area (Å²) in [6, 6.07) is 28.8. The summed E-state index contributed by atoms with van der Waals surface area (Å²) >= 11 is 3.48. The third kappa shape index (κ3) is 5.65. The van der Waals surface area contributed by atoms with Crippen molar-refractivity contribution in [2.75, 3.05) is 19.0 Å². The molecule has 0 spiro atoms. The normalized spacial score (nSPS) is 11.3. The lowest BCUT2D eigenvalue weighted by Gasteiger charge is -2.11. The van der Waals surface area contributed by atoms with Crippen LogP contribution in [0.5, 0.6) is 11.5 Å². The Bertz CT molecular complexity index is 2020. The largest absolute Gasteiger partial charge is 0.493 e. The number of hydrogen-bond acceptors (Lipinski definition) is 7. The van der Waals surface area contributed by atoms with Crippen LogP contribution in [0.4, 0.5) is 5.69 Å². The molecule has 2 heterocycles. The zero-order valence-electron chi connectivity index (χ0n) is 22.3. The maximum absolute atomic E-state index is 13.5. The van der Waals surface area contributed by atoms with Gasteiger partial charge in [0.15, 0.2) is 23.9 Å². The van der Waals surface area contributed by atoms with Crippen LogP contribution in [0.2, 0.25) is 0 Å². The second-order valence-corrected chi connectivity index (χ2v) is 10.1. The van der Waals surface area contributed by atoms with E-state index in [1.165, 1.54) is 18.0 Å². The van der Waals surface area contributed by atoms with E-state index in [4.69, 9.17) is 18.9 Å². The molecule has 0 radical (unpaired) electrons. The molecule has 6 aromatic rings. The zero-order valence-corrected chi connectivity index (χ0v) is 23.9. The van der Waals surface area contributed by atoms with Gasteiger partial charge >= 0.3 is 0 Å². The summed E-state index contributed by atoms with van der Waals surface area (Å²) < 4.78 is 19.4. The third-order valence-electron chi connectivity index (χ3n) is 6.38. The minimum absolute atomic E-state index is 0.200. The average molecular weight is 623 g/mol. The Hall–Kier alpha value is -5.22. The molecule has 0 aliphatic heterocycles. The van der Waals surface area contributed by atoms with Crippen molar-refractivity contribution in [2.45, 2.75) is 0 Å². The first-order chi connectivity index (χ1) is 20.5. The Labute approximate surface area is 248 Å². The van der Waals surface area contributed by atoms with Crippen molar-refractivity contribution in [3.8, 4) is 23.1 Å². The number of fused-ring (bicyclic) bond motifs is 2. The van der Waals surface area contributed by atoms with Crippen LogP contribution in [-0.4, -0.2) is 35.5 Å². The minimum atomic E-state index is -0.343. The lowest BCUT2D eigenvalue weighted by atomic mass is 10.2. The van der Waals surface area contributed by atoms with E-state index in [0.29, 0.717) is 45.0 Å². The minimum Gasteiger partial charge on any atom is -0.493 e. The highest BCUT2D eigenvalue weighted by Crippen LogP contribution is 2.30. The quantitative estimate of drug-likeness (QED) is 0.195. The van der Waals surface area contributed by atoms with Crippen molar-refractivity contribution in [3.05, 3.63) is 117 Å². The van der Waals surface area contributed by atoms with Gasteiger partial charge in [0, 0.05) is 15.5 Å². The second kappa shape index (κ2) is 11.7. The molecule has 0 fully saturated rings. The molecule has 0 aliphatic rings. The number of carbonyl (C=O) groups excluding carboxylic acids is 1. The number of methoxy groups -OCH3 is 1. The first-order valence-corrected chi connectivity index (χ1v) is 13.7.